The van der Waals surface area contributed by atoms with E-state index in [2.05, 4.69) is 15.3 Å². The van der Waals surface area contributed by atoms with E-state index in [1.165, 1.54) is 0 Å². The molecule has 1 atom stereocenters. The molecule has 0 aliphatic carbocycles. The number of amides is 1. The van der Waals surface area contributed by atoms with Gasteiger partial charge >= 0.3 is 0 Å². The third-order valence-electron chi connectivity index (χ3n) is 6.41. The van der Waals surface area contributed by atoms with E-state index >= 15 is 0 Å². The Hall–Kier alpha value is -4.73. The first-order valence-corrected chi connectivity index (χ1v) is 12.7. The minimum absolute atomic E-state index is 0.0111. The number of nitrogens with zero attached hydrogens (tertiary/aromatic N) is 4. The molecule has 0 fully saturated rings. The number of aliphatic hydroxyl groups is 1. The highest BCUT2D eigenvalue weighted by molar-refractivity contribution is 6.00. The quantitative estimate of drug-likeness (QED) is 0.140. The highest BCUT2D eigenvalue weighted by Crippen LogP contribution is 2.33. The van der Waals surface area contributed by atoms with Crippen molar-refractivity contribution in [3.63, 3.8) is 0 Å². The molecule has 1 aliphatic rings. The minimum Gasteiger partial charge on any atom is -0.494 e. The lowest BCUT2D eigenvalue weighted by atomic mass is 9.90. The molecule has 0 radical (unpaired) electrons. The zero-order valence-electron chi connectivity index (χ0n) is 22.4. The first kappa shape index (κ1) is 28.3. The van der Waals surface area contributed by atoms with Gasteiger partial charge < -0.3 is 29.4 Å². The normalized spacial score (nSPS) is 15.8. The molecule has 3 aromatic carbocycles. The summed E-state index contributed by atoms with van der Waals surface area (Å²) in [5.41, 5.74) is 10.2. The molecule has 0 unspecified atom stereocenters. The van der Waals surface area contributed by atoms with E-state index in [1.54, 1.807) is 62.8 Å². The maximum atomic E-state index is 13.8. The number of aliphatic imine (C=N–C) groups is 1. The molecule has 0 spiro atoms. The molecule has 0 bridgehead atoms. The molecule has 11 nitrogen and oxygen atoms in total. The van der Waals surface area contributed by atoms with Crippen LogP contribution in [0.1, 0.15) is 23.1 Å². The zero-order chi connectivity index (χ0) is 28.4. The molecule has 40 heavy (non-hydrogen) atoms. The van der Waals surface area contributed by atoms with Crippen molar-refractivity contribution >= 4 is 17.5 Å². The number of aliphatic hydroxyl groups excluding tert-OH is 1. The van der Waals surface area contributed by atoms with Crippen molar-refractivity contribution in [3.8, 4) is 17.2 Å². The van der Waals surface area contributed by atoms with Crippen LogP contribution in [0.4, 0.5) is 5.69 Å². The van der Waals surface area contributed by atoms with Gasteiger partial charge in [-0.1, -0.05) is 41.5 Å². The summed E-state index contributed by atoms with van der Waals surface area (Å²) < 4.78 is 22.5. The number of rotatable bonds is 13. The first-order chi connectivity index (χ1) is 19.5. The smallest absolute Gasteiger partial charge is 0.252 e. The average Bonchev–Trinajstić information content (AvgIpc) is 3.42. The Morgan fingerprint density at radius 2 is 1.88 bits per heavy atom. The Morgan fingerprint density at radius 1 is 1.10 bits per heavy atom. The van der Waals surface area contributed by atoms with Gasteiger partial charge in [-0.25, -0.2) is 4.99 Å². The number of carbonyl (C=O) groups excluding carboxylic acids is 1. The third kappa shape index (κ3) is 6.45. The lowest BCUT2D eigenvalue weighted by Crippen LogP contribution is -2.48. The standard InChI is InChI=1S/C29H31N5O6/c1-37-25-10-5-8-22(26(25)38-2)18-31-28(36)29(17-21-7-3-4-9-24(21)33-34-30)19-40-27(32-29)20-11-13-23(14-12-20)39-16-6-15-35/h3-5,7-14,35H,6,15-19H2,1-2H3,(H,31,36)/t29-/m1/s1. The van der Waals surface area contributed by atoms with Gasteiger partial charge in [0.1, 0.15) is 12.4 Å². The van der Waals surface area contributed by atoms with E-state index in [0.717, 1.165) is 5.56 Å². The fourth-order valence-electron chi connectivity index (χ4n) is 4.38. The van der Waals surface area contributed by atoms with Crippen LogP contribution in [-0.2, 0) is 22.5 Å². The van der Waals surface area contributed by atoms with Gasteiger partial charge in [0.05, 0.1) is 20.8 Å². The van der Waals surface area contributed by atoms with Gasteiger partial charge in [0.15, 0.2) is 17.0 Å². The van der Waals surface area contributed by atoms with Crippen molar-refractivity contribution in [2.45, 2.75) is 24.9 Å². The third-order valence-corrected chi connectivity index (χ3v) is 6.41. The summed E-state index contributed by atoms with van der Waals surface area (Å²) in [6.45, 7) is 0.617. The van der Waals surface area contributed by atoms with Gasteiger partial charge in [-0.05, 0) is 41.4 Å². The molecule has 11 heteroatoms. The van der Waals surface area contributed by atoms with Crippen molar-refractivity contribution in [2.24, 2.45) is 10.1 Å². The van der Waals surface area contributed by atoms with E-state index in [9.17, 15) is 4.79 Å². The van der Waals surface area contributed by atoms with Crippen molar-refractivity contribution in [1.82, 2.24) is 5.32 Å². The highest BCUT2D eigenvalue weighted by Gasteiger charge is 2.45. The summed E-state index contributed by atoms with van der Waals surface area (Å²) in [6, 6.07) is 19.7. The molecule has 208 valence electrons. The molecule has 0 aromatic heterocycles. The number of ether oxygens (including phenoxy) is 4. The largest absolute Gasteiger partial charge is 0.494 e. The van der Waals surface area contributed by atoms with Crippen LogP contribution in [0.5, 0.6) is 17.2 Å². The number of carbonyl (C=O) groups is 1. The Morgan fingerprint density at radius 3 is 2.60 bits per heavy atom. The highest BCUT2D eigenvalue weighted by atomic mass is 16.5. The predicted molar refractivity (Wildman–Crippen MR) is 149 cm³/mol. The lowest BCUT2D eigenvalue weighted by Gasteiger charge is -2.24. The Balaban J connectivity index is 1.63. The van der Waals surface area contributed by atoms with E-state index in [-0.39, 0.29) is 32.1 Å². The summed E-state index contributed by atoms with van der Waals surface area (Å²) in [4.78, 5) is 21.6. The molecular formula is C29H31N5O6. The minimum atomic E-state index is -1.32. The molecule has 0 saturated carbocycles. The van der Waals surface area contributed by atoms with E-state index in [1.807, 2.05) is 18.2 Å². The molecule has 4 rings (SSSR count). The molecule has 0 saturated heterocycles. The van der Waals surface area contributed by atoms with E-state index in [0.29, 0.717) is 53.0 Å². The summed E-state index contributed by atoms with van der Waals surface area (Å²) in [7, 11) is 3.10. The fraction of sp³-hybridized carbons (Fsp3) is 0.310. The van der Waals surface area contributed by atoms with Crippen LogP contribution in [0.15, 0.2) is 76.8 Å². The molecule has 3 aromatic rings. The average molecular weight is 546 g/mol. The molecule has 1 amide bonds. The SMILES string of the molecule is COc1cccc(CNC(=O)[C@@]2(Cc3ccccc3N=[N+]=[N-])COC(c3ccc(OCCCO)cc3)=N2)c1OC. The van der Waals surface area contributed by atoms with Crippen LogP contribution < -0.4 is 19.5 Å². The van der Waals surface area contributed by atoms with Crippen molar-refractivity contribution < 1.29 is 28.8 Å². The Kier molecular flexibility index (Phi) is 9.45. The van der Waals surface area contributed by atoms with Crippen molar-refractivity contribution in [2.75, 3.05) is 34.0 Å². The van der Waals surface area contributed by atoms with Gasteiger partial charge in [-0.2, -0.15) is 0 Å². The maximum Gasteiger partial charge on any atom is 0.252 e. The van der Waals surface area contributed by atoms with Crippen LogP contribution in [0, 0.1) is 0 Å². The number of hydrogen-bond acceptors (Lipinski definition) is 8. The second-order valence-electron chi connectivity index (χ2n) is 9.02. The predicted octanol–water partition coefficient (Wildman–Crippen LogP) is 4.48. The van der Waals surface area contributed by atoms with Crippen LogP contribution >= 0.6 is 0 Å². The molecule has 1 aliphatic heterocycles. The second-order valence-corrected chi connectivity index (χ2v) is 9.02. The zero-order valence-corrected chi connectivity index (χ0v) is 22.4. The van der Waals surface area contributed by atoms with Crippen LogP contribution in [0.25, 0.3) is 10.4 Å². The number of benzene rings is 3. The summed E-state index contributed by atoms with van der Waals surface area (Å²) in [6.07, 6.45) is 0.684. The summed E-state index contributed by atoms with van der Waals surface area (Å²) in [5.74, 6) is 1.70. The summed E-state index contributed by atoms with van der Waals surface area (Å²) in [5, 5.41) is 15.7. The number of hydrogen-bond donors (Lipinski definition) is 2. The van der Waals surface area contributed by atoms with Crippen molar-refractivity contribution in [3.05, 3.63) is 93.9 Å². The summed E-state index contributed by atoms with van der Waals surface area (Å²) >= 11 is 0. The van der Waals surface area contributed by atoms with Crippen LogP contribution in [0.2, 0.25) is 0 Å². The topological polar surface area (TPSA) is 147 Å². The molecule has 2 N–H and O–H groups in total. The van der Waals surface area contributed by atoms with Gasteiger partial charge in [-0.3, -0.25) is 4.79 Å². The number of nitrogens with one attached hydrogen (secondary N) is 1. The number of para-hydroxylation sites is 1. The number of methoxy groups -OCH3 is 2. The monoisotopic (exact) mass is 545 g/mol. The maximum absolute atomic E-state index is 13.8. The van der Waals surface area contributed by atoms with Crippen LogP contribution in [-0.4, -0.2) is 56.5 Å². The Bertz CT molecular complexity index is 1400. The van der Waals surface area contributed by atoms with Gasteiger partial charge in [-0.15, -0.1) is 0 Å². The molecular weight excluding hydrogens is 514 g/mol. The second kappa shape index (κ2) is 13.4. The van der Waals surface area contributed by atoms with Crippen molar-refractivity contribution in [1.29, 1.82) is 0 Å². The van der Waals surface area contributed by atoms with Gasteiger partial charge in [0.2, 0.25) is 5.90 Å². The van der Waals surface area contributed by atoms with Crippen LogP contribution in [0.3, 0.4) is 0 Å². The van der Waals surface area contributed by atoms with E-state index in [4.69, 9.17) is 34.6 Å². The lowest BCUT2D eigenvalue weighted by molar-refractivity contribution is -0.126. The molecule has 1 heterocycles. The Labute approximate surface area is 232 Å². The van der Waals surface area contributed by atoms with Gasteiger partial charge in [0.25, 0.3) is 5.91 Å². The number of azide groups is 1. The van der Waals surface area contributed by atoms with E-state index < -0.39 is 5.54 Å². The fourth-order valence-corrected chi connectivity index (χ4v) is 4.38. The first-order valence-electron chi connectivity index (χ1n) is 12.7. The van der Waals surface area contributed by atoms with Gasteiger partial charge in [0, 0.05) is 47.7 Å².